The average Bonchev–Trinajstić information content (AvgIpc) is 3.41. The van der Waals surface area contributed by atoms with E-state index in [1.165, 1.54) is 23.7 Å². The molecule has 2 fully saturated rings. The van der Waals surface area contributed by atoms with Gasteiger partial charge in [0.1, 0.15) is 5.82 Å². The first-order valence-electron chi connectivity index (χ1n) is 13.6. The van der Waals surface area contributed by atoms with Crippen molar-refractivity contribution in [2.45, 2.75) is 55.9 Å². The van der Waals surface area contributed by atoms with Crippen LogP contribution in [0.15, 0.2) is 42.0 Å². The lowest BCUT2D eigenvalue weighted by Crippen LogP contribution is -2.55. The molecule has 0 aliphatic carbocycles. The van der Waals surface area contributed by atoms with E-state index in [2.05, 4.69) is 20.6 Å². The van der Waals surface area contributed by atoms with E-state index < -0.39 is 45.6 Å². The number of anilines is 1. The van der Waals surface area contributed by atoms with Crippen LogP contribution in [0.1, 0.15) is 47.0 Å². The molecule has 0 spiro atoms. The summed E-state index contributed by atoms with van der Waals surface area (Å²) in [7, 11) is -2.95. The number of nitrogens with two attached hydrogens (primary N) is 1. The smallest absolute Gasteiger partial charge is 0.323 e. The molecule has 5 rings (SSSR count). The van der Waals surface area contributed by atoms with E-state index in [4.69, 9.17) is 17.3 Å². The van der Waals surface area contributed by atoms with Crippen molar-refractivity contribution < 1.29 is 31.5 Å². The highest BCUT2D eigenvalue weighted by Gasteiger charge is 2.39. The Morgan fingerprint density at radius 3 is 2.72 bits per heavy atom. The van der Waals surface area contributed by atoms with Crippen molar-refractivity contribution in [3.05, 3.63) is 74.7 Å². The number of halogens is 5. The van der Waals surface area contributed by atoms with E-state index in [-0.39, 0.29) is 41.2 Å². The number of aromatic nitrogens is 2. The normalized spacial score (nSPS) is 24.0. The maximum Gasteiger partial charge on any atom is 0.443 e. The van der Waals surface area contributed by atoms with Crippen LogP contribution < -0.4 is 16.4 Å². The standard InChI is InChI=1S/C27H31ClF4N6O3S2/c28-16-5-3-15(4-6-16)23(22-14-42-26(37-22)27(30,31)32)24(33)25(39)36-21-12-34-11-20(29)19(21)8-7-18-10-35-17-2-1-9-43(40,41)38(18)13-17/h3-6,11-12,14,17-18,23-24,35,40-41H,1-2,7-10,13,33H2,(H,36,39)/t17-,18+,23+,24+/m1/s1. The Morgan fingerprint density at radius 1 is 1.28 bits per heavy atom. The number of pyridine rings is 1. The fraction of sp³-hybridized carbons (Fsp3) is 0.444. The van der Waals surface area contributed by atoms with Crippen molar-refractivity contribution in [1.29, 1.82) is 0 Å². The highest BCUT2D eigenvalue weighted by atomic mass is 35.5. The van der Waals surface area contributed by atoms with Crippen molar-refractivity contribution in [2.24, 2.45) is 5.73 Å². The maximum absolute atomic E-state index is 15.1. The number of amides is 1. The predicted molar refractivity (Wildman–Crippen MR) is 159 cm³/mol. The molecule has 2 aliphatic rings. The van der Waals surface area contributed by atoms with Crippen LogP contribution in [0, 0.1) is 5.82 Å². The second-order valence-corrected chi connectivity index (χ2v) is 14.1. The molecular formula is C27H31ClF4N6O3S2. The summed E-state index contributed by atoms with van der Waals surface area (Å²) in [6.45, 7) is 0.971. The molecule has 2 aliphatic heterocycles. The molecule has 1 aromatic carbocycles. The van der Waals surface area contributed by atoms with Crippen LogP contribution in [-0.4, -0.2) is 66.3 Å². The lowest BCUT2D eigenvalue weighted by molar-refractivity contribution is -0.137. The highest BCUT2D eigenvalue weighted by molar-refractivity contribution is 8.22. The van der Waals surface area contributed by atoms with Gasteiger partial charge in [-0.15, -0.1) is 22.1 Å². The average molecular weight is 663 g/mol. The SMILES string of the molecule is N[C@H](C(=O)Nc1cncc(F)c1CC[C@H]1CN[C@@H]2CCCS(O)(O)N1C2)[C@@H](c1ccc(Cl)cc1)c1csc(C(F)(F)F)n1. The molecule has 43 heavy (non-hydrogen) atoms. The Labute approximate surface area is 256 Å². The van der Waals surface area contributed by atoms with E-state index in [0.717, 1.165) is 12.6 Å². The third-order valence-electron chi connectivity index (χ3n) is 7.76. The van der Waals surface area contributed by atoms with E-state index >= 15 is 4.39 Å². The number of thiazole rings is 1. The molecule has 2 bridgehead atoms. The molecule has 2 saturated heterocycles. The minimum Gasteiger partial charge on any atom is -0.323 e. The van der Waals surface area contributed by atoms with Gasteiger partial charge in [0, 0.05) is 41.1 Å². The van der Waals surface area contributed by atoms with Crippen LogP contribution in [0.4, 0.5) is 23.2 Å². The summed E-state index contributed by atoms with van der Waals surface area (Å²) in [5.41, 5.74) is 6.96. The van der Waals surface area contributed by atoms with Gasteiger partial charge in [-0.2, -0.15) is 13.2 Å². The Kier molecular flexibility index (Phi) is 9.63. The Bertz CT molecular complexity index is 1440. The number of nitrogens with zero attached hydrogens (tertiary/aromatic N) is 3. The number of hydrogen-bond donors (Lipinski definition) is 5. The van der Waals surface area contributed by atoms with E-state index in [1.807, 2.05) is 0 Å². The zero-order chi connectivity index (χ0) is 30.9. The third-order valence-corrected chi connectivity index (χ3v) is 11.0. The molecule has 1 amide bonds. The van der Waals surface area contributed by atoms with Crippen LogP contribution in [0.3, 0.4) is 0 Å². The molecule has 0 radical (unpaired) electrons. The largest absolute Gasteiger partial charge is 0.443 e. The monoisotopic (exact) mass is 662 g/mol. The summed E-state index contributed by atoms with van der Waals surface area (Å²) in [6, 6.07) is 4.63. The van der Waals surface area contributed by atoms with Gasteiger partial charge in [-0.1, -0.05) is 23.7 Å². The number of carbonyl (C=O) groups excluding carboxylic acids is 1. The van der Waals surface area contributed by atoms with Crippen molar-refractivity contribution in [1.82, 2.24) is 19.6 Å². The number of fused-ring (bicyclic) bond motifs is 2. The lowest BCUT2D eigenvalue weighted by Gasteiger charge is -2.49. The minimum absolute atomic E-state index is 0.0422. The quantitative estimate of drug-likeness (QED) is 0.200. The maximum atomic E-state index is 15.1. The van der Waals surface area contributed by atoms with Crippen LogP contribution in [0.25, 0.3) is 0 Å². The van der Waals surface area contributed by atoms with Crippen LogP contribution in [0.2, 0.25) is 5.02 Å². The molecule has 2 aromatic heterocycles. The lowest BCUT2D eigenvalue weighted by atomic mass is 9.88. The molecule has 0 saturated carbocycles. The zero-order valence-corrected chi connectivity index (χ0v) is 25.1. The molecule has 1 unspecified atom stereocenters. The molecule has 16 heteroatoms. The number of alkyl halides is 3. The molecule has 4 heterocycles. The van der Waals surface area contributed by atoms with E-state index in [0.29, 0.717) is 47.9 Å². The number of hydrogen-bond acceptors (Lipinski definition) is 9. The van der Waals surface area contributed by atoms with Gasteiger partial charge in [-0.3, -0.25) is 18.9 Å². The Balaban J connectivity index is 1.36. The van der Waals surface area contributed by atoms with Crippen LogP contribution in [0.5, 0.6) is 0 Å². The summed E-state index contributed by atoms with van der Waals surface area (Å²) >= 11 is 6.39. The number of piperazine rings is 1. The molecule has 6 N–H and O–H groups in total. The summed E-state index contributed by atoms with van der Waals surface area (Å²) in [5, 5.41) is 6.56. The molecule has 234 valence electrons. The van der Waals surface area contributed by atoms with Gasteiger partial charge in [0.2, 0.25) is 5.91 Å². The van der Waals surface area contributed by atoms with Gasteiger partial charge in [0.25, 0.3) is 0 Å². The number of benzene rings is 1. The molecule has 5 atom stereocenters. The summed E-state index contributed by atoms with van der Waals surface area (Å²) in [4.78, 5) is 21.1. The van der Waals surface area contributed by atoms with Gasteiger partial charge in [0.05, 0.1) is 41.5 Å². The summed E-state index contributed by atoms with van der Waals surface area (Å²) in [5.74, 6) is -2.23. The summed E-state index contributed by atoms with van der Waals surface area (Å²) < 4.78 is 78.2. The first-order valence-corrected chi connectivity index (χ1v) is 16.5. The van der Waals surface area contributed by atoms with Gasteiger partial charge >= 0.3 is 6.18 Å². The fourth-order valence-electron chi connectivity index (χ4n) is 5.57. The molecular weight excluding hydrogens is 632 g/mol. The Morgan fingerprint density at radius 2 is 2.02 bits per heavy atom. The van der Waals surface area contributed by atoms with Gasteiger partial charge in [-0.05, 0) is 43.4 Å². The predicted octanol–water partition coefficient (Wildman–Crippen LogP) is 5.48. The van der Waals surface area contributed by atoms with Gasteiger partial charge < -0.3 is 16.4 Å². The summed E-state index contributed by atoms with van der Waals surface area (Å²) in [6.07, 6.45) is -0.346. The van der Waals surface area contributed by atoms with E-state index in [1.54, 1.807) is 16.4 Å². The van der Waals surface area contributed by atoms with Gasteiger partial charge in [0.15, 0.2) is 5.01 Å². The van der Waals surface area contributed by atoms with Crippen molar-refractivity contribution in [2.75, 3.05) is 24.2 Å². The van der Waals surface area contributed by atoms with Crippen LogP contribution >= 0.6 is 33.7 Å². The number of rotatable bonds is 8. The minimum atomic E-state index is -4.67. The number of nitrogens with one attached hydrogen (secondary N) is 2. The van der Waals surface area contributed by atoms with Crippen molar-refractivity contribution in [3.8, 4) is 0 Å². The molecule has 3 aromatic rings. The number of carbonyl (C=O) groups is 1. The molecule has 9 nitrogen and oxygen atoms in total. The van der Waals surface area contributed by atoms with Crippen LogP contribution in [-0.2, 0) is 17.4 Å². The first-order chi connectivity index (χ1) is 20.3. The van der Waals surface area contributed by atoms with Gasteiger partial charge in [-0.25, -0.2) is 13.7 Å². The third kappa shape index (κ3) is 7.31. The highest BCUT2D eigenvalue weighted by Crippen LogP contribution is 2.49. The first kappa shape index (κ1) is 32.0. The second kappa shape index (κ2) is 12.9. The fourth-order valence-corrected chi connectivity index (χ4v) is 8.28. The van der Waals surface area contributed by atoms with Crippen molar-refractivity contribution in [3.63, 3.8) is 0 Å². The topological polar surface area (TPSA) is 137 Å². The van der Waals surface area contributed by atoms with Crippen molar-refractivity contribution >= 4 is 45.3 Å². The van der Waals surface area contributed by atoms with E-state index in [9.17, 15) is 27.1 Å². The Hall–Kier alpha value is -2.37. The second-order valence-electron chi connectivity index (χ2n) is 10.6. The zero-order valence-electron chi connectivity index (χ0n) is 22.7.